The molecule has 0 bridgehead atoms. The number of benzene rings is 1. The second-order valence-corrected chi connectivity index (χ2v) is 5.18. The number of halogens is 1. The summed E-state index contributed by atoms with van der Waals surface area (Å²) in [5.41, 5.74) is 5.63. The molecule has 0 radical (unpaired) electrons. The van der Waals surface area contributed by atoms with Crippen molar-refractivity contribution in [2.24, 2.45) is 5.41 Å². The number of hydrogen-bond donors (Lipinski definition) is 1. The quantitative estimate of drug-likeness (QED) is 0.651. The summed E-state index contributed by atoms with van der Waals surface area (Å²) >= 11 is 0. The smallest absolute Gasteiger partial charge is 0.338 e. The van der Waals surface area contributed by atoms with Crippen LogP contribution in [0.4, 0.5) is 10.1 Å². The van der Waals surface area contributed by atoms with Gasteiger partial charge in [-0.3, -0.25) is 0 Å². The molecule has 17 heavy (non-hydrogen) atoms. The van der Waals surface area contributed by atoms with Crippen LogP contribution in [0.15, 0.2) is 18.2 Å². The largest absolute Gasteiger partial charge is 0.462 e. The van der Waals surface area contributed by atoms with E-state index in [-0.39, 0.29) is 16.7 Å². The first-order valence-electron chi connectivity index (χ1n) is 5.52. The molecule has 0 aliphatic rings. The minimum absolute atomic E-state index is 0.0243. The Kier molecular flexibility index (Phi) is 4.10. The van der Waals surface area contributed by atoms with Gasteiger partial charge < -0.3 is 10.5 Å². The molecule has 0 spiro atoms. The maximum atomic E-state index is 13.1. The van der Waals surface area contributed by atoms with Crippen LogP contribution in [0.5, 0.6) is 0 Å². The molecule has 0 aromatic heterocycles. The monoisotopic (exact) mass is 239 g/mol. The summed E-state index contributed by atoms with van der Waals surface area (Å²) in [6.45, 7) is 6.51. The van der Waals surface area contributed by atoms with Gasteiger partial charge in [-0.15, -0.1) is 0 Å². The van der Waals surface area contributed by atoms with Crippen molar-refractivity contribution in [1.29, 1.82) is 0 Å². The summed E-state index contributed by atoms with van der Waals surface area (Å²) in [5, 5.41) is 0. The molecule has 0 saturated heterocycles. The maximum absolute atomic E-state index is 13.1. The second kappa shape index (κ2) is 5.17. The fraction of sp³-hybridized carbons (Fsp3) is 0.462. The molecule has 0 fully saturated rings. The van der Waals surface area contributed by atoms with Gasteiger partial charge in [0.2, 0.25) is 0 Å². The van der Waals surface area contributed by atoms with Crippen LogP contribution in [0.1, 0.15) is 37.6 Å². The van der Waals surface area contributed by atoms with E-state index < -0.39 is 11.8 Å². The van der Waals surface area contributed by atoms with Crippen LogP contribution in [-0.4, -0.2) is 12.6 Å². The van der Waals surface area contributed by atoms with E-state index in [1.54, 1.807) is 0 Å². The zero-order valence-corrected chi connectivity index (χ0v) is 10.4. The van der Waals surface area contributed by atoms with Crippen LogP contribution >= 0.6 is 0 Å². The predicted molar refractivity (Wildman–Crippen MR) is 65.2 cm³/mol. The van der Waals surface area contributed by atoms with Crippen LogP contribution < -0.4 is 5.73 Å². The van der Waals surface area contributed by atoms with Crippen molar-refractivity contribution in [3.63, 3.8) is 0 Å². The maximum Gasteiger partial charge on any atom is 0.338 e. The summed E-state index contributed by atoms with van der Waals surface area (Å²) in [5.74, 6) is -1.12. The summed E-state index contributed by atoms with van der Waals surface area (Å²) < 4.78 is 18.2. The van der Waals surface area contributed by atoms with Gasteiger partial charge in [-0.25, -0.2) is 9.18 Å². The van der Waals surface area contributed by atoms with Crippen LogP contribution in [0.25, 0.3) is 0 Å². The predicted octanol–water partition coefficient (Wildman–Crippen LogP) is 3.00. The van der Waals surface area contributed by atoms with Crippen molar-refractivity contribution in [2.45, 2.75) is 27.2 Å². The van der Waals surface area contributed by atoms with Gasteiger partial charge in [-0.2, -0.15) is 0 Å². The molecule has 2 N–H and O–H groups in total. The van der Waals surface area contributed by atoms with Gasteiger partial charge in [0.15, 0.2) is 0 Å². The van der Waals surface area contributed by atoms with E-state index in [1.165, 1.54) is 12.1 Å². The van der Waals surface area contributed by atoms with Gasteiger partial charge in [0, 0.05) is 0 Å². The Morgan fingerprint density at radius 1 is 1.41 bits per heavy atom. The first kappa shape index (κ1) is 13.5. The highest BCUT2D eigenvalue weighted by atomic mass is 19.1. The molecule has 1 aromatic carbocycles. The Balaban J connectivity index is 2.56. The highest BCUT2D eigenvalue weighted by Gasteiger charge is 2.13. The van der Waals surface area contributed by atoms with Crippen molar-refractivity contribution >= 4 is 11.7 Å². The number of rotatable bonds is 3. The third-order valence-corrected chi connectivity index (χ3v) is 2.32. The number of nitrogens with two attached hydrogens (primary N) is 1. The van der Waals surface area contributed by atoms with E-state index in [2.05, 4.69) is 20.8 Å². The molecule has 0 saturated carbocycles. The summed E-state index contributed by atoms with van der Waals surface area (Å²) in [7, 11) is 0. The van der Waals surface area contributed by atoms with E-state index in [1.807, 2.05) is 0 Å². The molecule has 94 valence electrons. The standard InChI is InChI=1S/C13H18FNO2/c1-13(2,3)6-7-17-12(16)9-4-5-11(15)10(14)8-9/h4-5,8H,6-7,15H2,1-3H3. The molecule has 0 amide bonds. The molecule has 0 aliphatic carbocycles. The lowest BCUT2D eigenvalue weighted by molar-refractivity contribution is 0.0464. The topological polar surface area (TPSA) is 52.3 Å². The minimum Gasteiger partial charge on any atom is -0.462 e. The lowest BCUT2D eigenvalue weighted by Gasteiger charge is -2.17. The van der Waals surface area contributed by atoms with E-state index in [4.69, 9.17) is 10.5 Å². The molecule has 0 heterocycles. The number of anilines is 1. The molecular formula is C13H18FNO2. The number of esters is 1. The van der Waals surface area contributed by atoms with Gasteiger partial charge in [0.25, 0.3) is 0 Å². The second-order valence-electron chi connectivity index (χ2n) is 5.18. The Labute approximate surface area is 101 Å². The summed E-state index contributed by atoms with van der Waals surface area (Å²) in [4.78, 5) is 11.6. The highest BCUT2D eigenvalue weighted by Crippen LogP contribution is 2.19. The van der Waals surface area contributed by atoms with E-state index in [0.717, 1.165) is 12.5 Å². The van der Waals surface area contributed by atoms with Crippen LogP contribution in [0.2, 0.25) is 0 Å². The number of hydrogen-bond acceptors (Lipinski definition) is 3. The zero-order valence-electron chi connectivity index (χ0n) is 10.4. The van der Waals surface area contributed by atoms with Gasteiger partial charge in [0.1, 0.15) is 5.82 Å². The first-order valence-corrected chi connectivity index (χ1v) is 5.52. The lowest BCUT2D eigenvalue weighted by Crippen LogP contribution is -2.13. The van der Waals surface area contributed by atoms with Crippen molar-refractivity contribution in [3.8, 4) is 0 Å². The van der Waals surface area contributed by atoms with E-state index >= 15 is 0 Å². The first-order chi connectivity index (χ1) is 7.79. The van der Waals surface area contributed by atoms with Crippen molar-refractivity contribution in [1.82, 2.24) is 0 Å². The number of carbonyl (C=O) groups excluding carboxylic acids is 1. The van der Waals surface area contributed by atoms with Crippen LogP contribution in [0, 0.1) is 11.2 Å². The summed E-state index contributed by atoms with van der Waals surface area (Å²) in [6, 6.07) is 3.91. The third kappa shape index (κ3) is 4.43. The Morgan fingerprint density at radius 3 is 2.59 bits per heavy atom. The fourth-order valence-electron chi connectivity index (χ4n) is 1.19. The number of nitrogen functional groups attached to an aromatic ring is 1. The van der Waals surface area contributed by atoms with E-state index in [0.29, 0.717) is 6.61 Å². The highest BCUT2D eigenvalue weighted by molar-refractivity contribution is 5.89. The molecule has 0 aliphatic heterocycles. The Bertz CT molecular complexity index is 410. The molecule has 4 heteroatoms. The molecule has 1 rings (SSSR count). The Hall–Kier alpha value is -1.58. The van der Waals surface area contributed by atoms with Crippen molar-refractivity contribution < 1.29 is 13.9 Å². The normalized spacial score (nSPS) is 11.3. The van der Waals surface area contributed by atoms with Crippen LogP contribution in [-0.2, 0) is 4.74 Å². The molecular weight excluding hydrogens is 221 g/mol. The number of carbonyl (C=O) groups is 1. The van der Waals surface area contributed by atoms with Gasteiger partial charge in [-0.05, 0) is 30.0 Å². The molecule has 1 aromatic rings. The SMILES string of the molecule is CC(C)(C)CCOC(=O)c1ccc(N)c(F)c1. The lowest BCUT2D eigenvalue weighted by atomic mass is 9.93. The average molecular weight is 239 g/mol. The Morgan fingerprint density at radius 2 is 2.06 bits per heavy atom. The molecule has 3 nitrogen and oxygen atoms in total. The minimum atomic E-state index is -0.602. The average Bonchev–Trinajstić information content (AvgIpc) is 2.20. The van der Waals surface area contributed by atoms with Crippen molar-refractivity contribution in [3.05, 3.63) is 29.6 Å². The van der Waals surface area contributed by atoms with Gasteiger partial charge in [0.05, 0.1) is 17.9 Å². The van der Waals surface area contributed by atoms with Gasteiger partial charge in [-0.1, -0.05) is 20.8 Å². The molecule has 0 atom stereocenters. The fourth-order valence-corrected chi connectivity index (χ4v) is 1.19. The summed E-state index contributed by atoms with van der Waals surface area (Å²) in [6.07, 6.45) is 0.760. The molecule has 0 unspecified atom stereocenters. The zero-order chi connectivity index (χ0) is 13.1. The van der Waals surface area contributed by atoms with Crippen molar-refractivity contribution in [2.75, 3.05) is 12.3 Å². The van der Waals surface area contributed by atoms with Crippen LogP contribution in [0.3, 0.4) is 0 Å². The van der Waals surface area contributed by atoms with Gasteiger partial charge >= 0.3 is 5.97 Å². The third-order valence-electron chi connectivity index (χ3n) is 2.32. The van der Waals surface area contributed by atoms with E-state index in [9.17, 15) is 9.18 Å². The number of ether oxygens (including phenoxy) is 1.